The fraction of sp³-hybridized carbons (Fsp3) is 0.318. The first kappa shape index (κ1) is 20.3. The van der Waals surface area contributed by atoms with Crippen molar-refractivity contribution in [2.24, 2.45) is 0 Å². The Morgan fingerprint density at radius 2 is 1.90 bits per heavy atom. The Labute approximate surface area is 178 Å². The quantitative estimate of drug-likeness (QED) is 0.676. The Balaban J connectivity index is 1.37. The first-order chi connectivity index (χ1) is 14.5. The molecule has 1 aliphatic rings. The van der Waals surface area contributed by atoms with E-state index < -0.39 is 0 Å². The number of carbonyl (C=O) groups is 2. The lowest BCUT2D eigenvalue weighted by molar-refractivity contribution is -0.130. The first-order valence-corrected chi connectivity index (χ1v) is 10.8. The molecule has 2 amide bonds. The third-order valence-corrected chi connectivity index (χ3v) is 6.13. The van der Waals surface area contributed by atoms with Gasteiger partial charge in [0.1, 0.15) is 5.82 Å². The molecule has 1 aliphatic heterocycles. The highest BCUT2D eigenvalue weighted by atomic mass is 32.1. The Kier molecular flexibility index (Phi) is 5.94. The van der Waals surface area contributed by atoms with E-state index in [2.05, 4.69) is 10.3 Å². The van der Waals surface area contributed by atoms with Gasteiger partial charge in [-0.05, 0) is 29.8 Å². The van der Waals surface area contributed by atoms with E-state index in [9.17, 15) is 14.0 Å². The molecule has 0 atom stereocenters. The Morgan fingerprint density at radius 1 is 1.13 bits per heavy atom. The predicted molar refractivity (Wildman–Crippen MR) is 117 cm³/mol. The maximum Gasteiger partial charge on any atom is 0.227 e. The number of aromatic nitrogens is 1. The number of piperazine rings is 1. The predicted octanol–water partition coefficient (Wildman–Crippen LogP) is 3.68. The molecule has 0 spiro atoms. The summed E-state index contributed by atoms with van der Waals surface area (Å²) in [6, 6.07) is 12.5. The number of fused-ring (bicyclic) bond motifs is 1. The number of para-hydroxylation sites is 1. The minimum atomic E-state index is -0.232. The highest BCUT2D eigenvalue weighted by Crippen LogP contribution is 2.27. The van der Waals surface area contributed by atoms with Gasteiger partial charge in [0.15, 0.2) is 5.13 Å². The van der Waals surface area contributed by atoms with E-state index in [0.717, 1.165) is 15.8 Å². The summed E-state index contributed by atoms with van der Waals surface area (Å²) in [6.07, 6.45) is 0.712. The third-order valence-electron chi connectivity index (χ3n) is 5.20. The first-order valence-electron chi connectivity index (χ1n) is 10.00. The number of rotatable bonds is 5. The van der Waals surface area contributed by atoms with Gasteiger partial charge in [-0.1, -0.05) is 36.5 Å². The second kappa shape index (κ2) is 8.79. The second-order valence-electron chi connectivity index (χ2n) is 7.22. The van der Waals surface area contributed by atoms with Crippen LogP contribution < -0.4 is 10.2 Å². The third kappa shape index (κ3) is 4.43. The number of nitrogens with zero attached hydrogens (tertiary/aromatic N) is 3. The fourth-order valence-corrected chi connectivity index (χ4v) is 4.48. The smallest absolute Gasteiger partial charge is 0.227 e. The molecule has 3 aromatic rings. The Hall–Kier alpha value is -3.00. The molecular weight excluding hydrogens is 403 g/mol. The molecule has 2 aromatic carbocycles. The van der Waals surface area contributed by atoms with Crippen molar-refractivity contribution in [1.29, 1.82) is 0 Å². The van der Waals surface area contributed by atoms with Gasteiger partial charge in [0.25, 0.3) is 0 Å². The van der Waals surface area contributed by atoms with Crippen LogP contribution in [0.5, 0.6) is 0 Å². The summed E-state index contributed by atoms with van der Waals surface area (Å²) >= 11 is 1.41. The van der Waals surface area contributed by atoms with Crippen molar-refractivity contribution >= 4 is 44.2 Å². The van der Waals surface area contributed by atoms with Crippen LogP contribution in [0.3, 0.4) is 0 Å². The number of halogens is 1. The number of anilines is 2. The van der Waals surface area contributed by atoms with Gasteiger partial charge in [-0.3, -0.25) is 9.59 Å². The Bertz CT molecular complexity index is 1080. The molecule has 2 heterocycles. The monoisotopic (exact) mass is 426 g/mol. The van der Waals surface area contributed by atoms with Gasteiger partial charge in [0.2, 0.25) is 11.8 Å². The minimum absolute atomic E-state index is 0.0616. The van der Waals surface area contributed by atoms with Crippen molar-refractivity contribution in [3.05, 3.63) is 53.8 Å². The summed E-state index contributed by atoms with van der Waals surface area (Å²) < 4.78 is 14.9. The van der Waals surface area contributed by atoms with Crippen molar-refractivity contribution in [1.82, 2.24) is 9.88 Å². The zero-order valence-electron chi connectivity index (χ0n) is 16.7. The number of hydrogen-bond acceptors (Lipinski definition) is 5. The number of carbonyl (C=O) groups excluding carboxylic acids is 2. The molecule has 30 heavy (non-hydrogen) atoms. The molecule has 8 heteroatoms. The van der Waals surface area contributed by atoms with Gasteiger partial charge in [0.05, 0.1) is 22.3 Å². The minimum Gasteiger partial charge on any atom is -0.366 e. The number of thiazole rings is 1. The van der Waals surface area contributed by atoms with Crippen molar-refractivity contribution in [2.45, 2.75) is 19.8 Å². The Morgan fingerprint density at radius 3 is 2.63 bits per heavy atom. The highest BCUT2D eigenvalue weighted by Gasteiger charge is 2.23. The molecule has 0 unspecified atom stereocenters. The van der Waals surface area contributed by atoms with Crippen molar-refractivity contribution < 1.29 is 14.0 Å². The highest BCUT2D eigenvalue weighted by molar-refractivity contribution is 7.22. The van der Waals surface area contributed by atoms with E-state index in [4.69, 9.17) is 0 Å². The topological polar surface area (TPSA) is 65.5 Å². The molecule has 4 rings (SSSR count). The molecule has 0 bridgehead atoms. The van der Waals surface area contributed by atoms with E-state index in [-0.39, 0.29) is 17.6 Å². The summed E-state index contributed by atoms with van der Waals surface area (Å²) in [5, 5.41) is 3.35. The van der Waals surface area contributed by atoms with Gasteiger partial charge in [-0.15, -0.1) is 0 Å². The summed E-state index contributed by atoms with van der Waals surface area (Å²) in [4.78, 5) is 32.6. The molecule has 1 fully saturated rings. The van der Waals surface area contributed by atoms with Gasteiger partial charge in [-0.2, -0.15) is 0 Å². The second-order valence-corrected chi connectivity index (χ2v) is 8.25. The standard InChI is InChI=1S/C22H23FN4O2S/c1-2-20(28)25-22-24-17-8-7-15(13-19(17)30-22)14-21(29)27-11-9-26(10-12-27)18-6-4-3-5-16(18)23/h3-8,13H,2,9-12,14H2,1H3,(H,24,25,28). The number of benzene rings is 2. The maximum atomic E-state index is 14.0. The van der Waals surface area contributed by atoms with Gasteiger partial charge in [-0.25, -0.2) is 9.37 Å². The van der Waals surface area contributed by atoms with Crippen LogP contribution in [0.2, 0.25) is 0 Å². The van der Waals surface area contributed by atoms with Crippen molar-refractivity contribution in [3.8, 4) is 0 Å². The molecule has 1 N–H and O–H groups in total. The SMILES string of the molecule is CCC(=O)Nc1nc2ccc(CC(=O)N3CCN(c4ccccc4F)CC3)cc2s1. The van der Waals surface area contributed by atoms with E-state index in [0.29, 0.717) is 49.8 Å². The van der Waals surface area contributed by atoms with E-state index in [1.165, 1.54) is 17.4 Å². The average molecular weight is 427 g/mol. The van der Waals surface area contributed by atoms with E-state index in [1.54, 1.807) is 19.1 Å². The fourth-order valence-electron chi connectivity index (χ4n) is 3.53. The van der Waals surface area contributed by atoms with Crippen LogP contribution in [-0.4, -0.2) is 47.9 Å². The maximum absolute atomic E-state index is 14.0. The number of nitrogens with one attached hydrogen (secondary N) is 1. The van der Waals surface area contributed by atoms with Crippen LogP contribution in [-0.2, 0) is 16.0 Å². The van der Waals surface area contributed by atoms with Gasteiger partial charge < -0.3 is 15.1 Å². The van der Waals surface area contributed by atoms with Crippen LogP contribution >= 0.6 is 11.3 Å². The molecule has 0 aliphatic carbocycles. The zero-order valence-corrected chi connectivity index (χ0v) is 17.5. The van der Waals surface area contributed by atoms with Crippen LogP contribution in [0.1, 0.15) is 18.9 Å². The lowest BCUT2D eigenvalue weighted by Crippen LogP contribution is -2.49. The van der Waals surface area contributed by atoms with Gasteiger partial charge in [0, 0.05) is 32.6 Å². The summed E-state index contributed by atoms with van der Waals surface area (Å²) in [7, 11) is 0. The lowest BCUT2D eigenvalue weighted by Gasteiger charge is -2.36. The zero-order chi connectivity index (χ0) is 21.1. The molecule has 0 saturated carbocycles. The van der Waals surface area contributed by atoms with E-state index in [1.807, 2.05) is 34.1 Å². The largest absolute Gasteiger partial charge is 0.366 e. The van der Waals surface area contributed by atoms with Crippen LogP contribution in [0.4, 0.5) is 15.2 Å². The van der Waals surface area contributed by atoms with Crippen LogP contribution in [0, 0.1) is 5.82 Å². The molecule has 0 radical (unpaired) electrons. The molecular formula is C22H23FN4O2S. The van der Waals surface area contributed by atoms with Gasteiger partial charge >= 0.3 is 0 Å². The van der Waals surface area contributed by atoms with Crippen molar-refractivity contribution in [3.63, 3.8) is 0 Å². The number of amides is 2. The summed E-state index contributed by atoms with van der Waals surface area (Å²) in [6.45, 7) is 4.16. The summed E-state index contributed by atoms with van der Waals surface area (Å²) in [5.74, 6) is -0.241. The average Bonchev–Trinajstić information content (AvgIpc) is 3.15. The molecule has 1 aromatic heterocycles. The molecule has 6 nitrogen and oxygen atoms in total. The van der Waals surface area contributed by atoms with Crippen LogP contribution in [0.15, 0.2) is 42.5 Å². The lowest BCUT2D eigenvalue weighted by atomic mass is 10.1. The summed E-state index contributed by atoms with van der Waals surface area (Å²) in [5.41, 5.74) is 2.31. The molecule has 156 valence electrons. The molecule has 1 saturated heterocycles. The number of hydrogen-bond donors (Lipinski definition) is 1. The normalized spacial score (nSPS) is 14.2. The van der Waals surface area contributed by atoms with E-state index >= 15 is 0 Å². The van der Waals surface area contributed by atoms with Crippen molar-refractivity contribution in [2.75, 3.05) is 36.4 Å². The van der Waals surface area contributed by atoms with Crippen LogP contribution in [0.25, 0.3) is 10.2 Å².